The van der Waals surface area contributed by atoms with Crippen molar-refractivity contribution in [2.24, 2.45) is 12.5 Å². The third kappa shape index (κ3) is 2.61. The summed E-state index contributed by atoms with van der Waals surface area (Å²) in [5.41, 5.74) is -1.64. The van der Waals surface area contributed by atoms with Gasteiger partial charge in [0.25, 0.3) is 0 Å². The number of hydrogen-bond acceptors (Lipinski definition) is 5. The maximum Gasteiger partial charge on any atom is 0.323 e. The molecule has 0 aliphatic heterocycles. The van der Waals surface area contributed by atoms with E-state index >= 15 is 0 Å². The van der Waals surface area contributed by atoms with E-state index in [1.807, 2.05) is 0 Å². The van der Waals surface area contributed by atoms with Gasteiger partial charge in [-0.2, -0.15) is 5.10 Å². The molecule has 0 bridgehead atoms. The van der Waals surface area contributed by atoms with Gasteiger partial charge in [-0.05, 0) is 13.8 Å². The molecule has 1 aromatic rings. The molecule has 7 heteroatoms. The largest absolute Gasteiger partial charge is 0.480 e. The van der Waals surface area contributed by atoms with Crippen LogP contribution >= 0.6 is 0 Å². The number of aliphatic carboxylic acids is 1. The van der Waals surface area contributed by atoms with Crippen molar-refractivity contribution in [1.82, 2.24) is 14.8 Å². The standard InChI is InChI=1S/C10H15N3O4/c1-4-17-9(16)10(2,8(14)15)5-7-11-6-12-13(7)3/h6H,4-5H2,1-3H3,(H,14,15). The lowest BCUT2D eigenvalue weighted by molar-refractivity contribution is -0.167. The summed E-state index contributed by atoms with van der Waals surface area (Å²) in [7, 11) is 1.63. The van der Waals surface area contributed by atoms with Crippen LogP contribution in [0.5, 0.6) is 0 Å². The van der Waals surface area contributed by atoms with E-state index in [0.29, 0.717) is 5.82 Å². The van der Waals surface area contributed by atoms with Crippen LogP contribution in [0.4, 0.5) is 0 Å². The molecule has 0 aromatic carbocycles. The molecule has 1 atom stereocenters. The van der Waals surface area contributed by atoms with Crippen molar-refractivity contribution in [3.63, 3.8) is 0 Å². The molecule has 0 amide bonds. The molecular weight excluding hydrogens is 226 g/mol. The minimum Gasteiger partial charge on any atom is -0.480 e. The van der Waals surface area contributed by atoms with Crippen molar-refractivity contribution in [3.05, 3.63) is 12.2 Å². The molecule has 1 unspecified atom stereocenters. The number of nitrogens with zero attached hydrogens (tertiary/aromatic N) is 3. The summed E-state index contributed by atoms with van der Waals surface area (Å²) in [6, 6.07) is 0. The lowest BCUT2D eigenvalue weighted by Gasteiger charge is -2.21. The Balaban J connectivity index is 2.97. The van der Waals surface area contributed by atoms with Gasteiger partial charge in [0.05, 0.1) is 6.61 Å². The molecule has 1 heterocycles. The molecule has 1 N–H and O–H groups in total. The molecule has 17 heavy (non-hydrogen) atoms. The summed E-state index contributed by atoms with van der Waals surface area (Å²) in [6.45, 7) is 3.09. The summed E-state index contributed by atoms with van der Waals surface area (Å²) >= 11 is 0. The number of carbonyl (C=O) groups excluding carboxylic acids is 1. The number of hydrogen-bond donors (Lipinski definition) is 1. The van der Waals surface area contributed by atoms with E-state index in [2.05, 4.69) is 10.1 Å². The molecule has 0 aliphatic carbocycles. The van der Waals surface area contributed by atoms with Gasteiger partial charge >= 0.3 is 11.9 Å². The van der Waals surface area contributed by atoms with E-state index in [1.54, 1.807) is 14.0 Å². The Kier molecular flexibility index (Phi) is 3.82. The van der Waals surface area contributed by atoms with Gasteiger partial charge in [0.1, 0.15) is 12.2 Å². The first-order valence-electron chi connectivity index (χ1n) is 5.15. The molecule has 0 aliphatic rings. The second-order valence-electron chi connectivity index (χ2n) is 3.83. The number of aryl methyl sites for hydroxylation is 1. The first-order chi connectivity index (χ1) is 7.91. The van der Waals surface area contributed by atoms with E-state index in [1.165, 1.54) is 17.9 Å². The van der Waals surface area contributed by atoms with Crippen LogP contribution in [0.25, 0.3) is 0 Å². The average molecular weight is 241 g/mol. The maximum absolute atomic E-state index is 11.7. The molecule has 0 saturated heterocycles. The highest BCUT2D eigenvalue weighted by atomic mass is 16.5. The minimum atomic E-state index is -1.64. The summed E-state index contributed by atoms with van der Waals surface area (Å²) in [4.78, 5) is 26.8. The molecule has 1 aromatic heterocycles. The van der Waals surface area contributed by atoms with Crippen molar-refractivity contribution in [2.75, 3.05) is 6.61 Å². The fourth-order valence-corrected chi connectivity index (χ4v) is 1.32. The van der Waals surface area contributed by atoms with Crippen molar-refractivity contribution in [2.45, 2.75) is 20.3 Å². The number of carbonyl (C=O) groups is 2. The lowest BCUT2D eigenvalue weighted by Crippen LogP contribution is -2.40. The highest BCUT2D eigenvalue weighted by Gasteiger charge is 2.44. The van der Waals surface area contributed by atoms with Crippen molar-refractivity contribution < 1.29 is 19.4 Å². The van der Waals surface area contributed by atoms with Crippen molar-refractivity contribution in [1.29, 1.82) is 0 Å². The number of carboxylic acids is 1. The minimum absolute atomic E-state index is 0.0579. The molecule has 94 valence electrons. The second kappa shape index (κ2) is 4.94. The fourth-order valence-electron chi connectivity index (χ4n) is 1.32. The van der Waals surface area contributed by atoms with Crippen LogP contribution in [0.15, 0.2) is 6.33 Å². The Morgan fingerprint density at radius 3 is 2.65 bits per heavy atom. The lowest BCUT2D eigenvalue weighted by atomic mass is 9.86. The summed E-state index contributed by atoms with van der Waals surface area (Å²) < 4.78 is 6.21. The van der Waals surface area contributed by atoms with Gasteiger partial charge < -0.3 is 9.84 Å². The van der Waals surface area contributed by atoms with Crippen LogP contribution in [0.2, 0.25) is 0 Å². The quantitative estimate of drug-likeness (QED) is 0.576. The van der Waals surface area contributed by atoms with Crippen LogP contribution in [0.3, 0.4) is 0 Å². The van der Waals surface area contributed by atoms with Gasteiger partial charge in [-0.25, -0.2) is 4.98 Å². The molecule has 0 saturated carbocycles. The fraction of sp³-hybridized carbons (Fsp3) is 0.600. The molecule has 7 nitrogen and oxygen atoms in total. The summed E-state index contributed by atoms with van der Waals surface area (Å²) in [6.07, 6.45) is 1.25. The van der Waals surface area contributed by atoms with Gasteiger partial charge in [0, 0.05) is 13.5 Å². The van der Waals surface area contributed by atoms with Crippen LogP contribution in [0, 0.1) is 5.41 Å². The SMILES string of the molecule is CCOC(=O)C(C)(Cc1ncnn1C)C(=O)O. The van der Waals surface area contributed by atoms with E-state index in [9.17, 15) is 9.59 Å². The van der Waals surface area contributed by atoms with Crippen molar-refractivity contribution in [3.8, 4) is 0 Å². The zero-order valence-electron chi connectivity index (χ0n) is 10.0. The van der Waals surface area contributed by atoms with Crippen molar-refractivity contribution >= 4 is 11.9 Å². The number of rotatable bonds is 5. The zero-order valence-corrected chi connectivity index (χ0v) is 10.0. The Morgan fingerprint density at radius 2 is 2.24 bits per heavy atom. The predicted molar refractivity (Wildman–Crippen MR) is 57.1 cm³/mol. The van der Waals surface area contributed by atoms with Gasteiger partial charge in [0.15, 0.2) is 5.41 Å². The van der Waals surface area contributed by atoms with Crippen LogP contribution in [-0.2, 0) is 27.8 Å². The summed E-state index contributed by atoms with van der Waals surface area (Å²) in [5, 5.41) is 13.0. The van der Waals surface area contributed by atoms with Crippen LogP contribution < -0.4 is 0 Å². The Bertz CT molecular complexity index is 429. The predicted octanol–water partition coefficient (Wildman–Crippen LogP) is 0.0116. The highest BCUT2D eigenvalue weighted by molar-refractivity contribution is 5.98. The van der Waals surface area contributed by atoms with Gasteiger partial charge in [-0.15, -0.1) is 0 Å². The number of ether oxygens (including phenoxy) is 1. The maximum atomic E-state index is 11.7. The Morgan fingerprint density at radius 1 is 1.59 bits per heavy atom. The Hall–Kier alpha value is -1.92. The van der Waals surface area contributed by atoms with Gasteiger partial charge in [-0.3, -0.25) is 14.3 Å². The number of aromatic nitrogens is 3. The van der Waals surface area contributed by atoms with E-state index < -0.39 is 17.4 Å². The third-order valence-electron chi connectivity index (χ3n) is 2.51. The number of carboxylic acid groups (broad SMARTS) is 1. The van der Waals surface area contributed by atoms with Gasteiger partial charge in [0.2, 0.25) is 0 Å². The third-order valence-corrected chi connectivity index (χ3v) is 2.51. The van der Waals surface area contributed by atoms with E-state index in [-0.39, 0.29) is 13.0 Å². The first kappa shape index (κ1) is 13.1. The topological polar surface area (TPSA) is 94.3 Å². The summed E-state index contributed by atoms with van der Waals surface area (Å²) in [5.74, 6) is -1.59. The Labute approximate surface area is 98.4 Å². The molecule has 0 fully saturated rings. The van der Waals surface area contributed by atoms with Crippen LogP contribution in [0.1, 0.15) is 19.7 Å². The smallest absolute Gasteiger partial charge is 0.323 e. The second-order valence-corrected chi connectivity index (χ2v) is 3.83. The average Bonchev–Trinajstić information content (AvgIpc) is 2.64. The molecule has 0 spiro atoms. The van der Waals surface area contributed by atoms with Crippen LogP contribution in [-0.4, -0.2) is 38.4 Å². The molecular formula is C10H15N3O4. The first-order valence-corrected chi connectivity index (χ1v) is 5.15. The van der Waals surface area contributed by atoms with E-state index in [0.717, 1.165) is 0 Å². The normalized spacial score (nSPS) is 14.1. The van der Waals surface area contributed by atoms with Gasteiger partial charge in [-0.1, -0.05) is 0 Å². The monoisotopic (exact) mass is 241 g/mol. The molecule has 1 rings (SSSR count). The zero-order chi connectivity index (χ0) is 13.1. The number of esters is 1. The highest BCUT2D eigenvalue weighted by Crippen LogP contribution is 2.23. The molecule has 0 radical (unpaired) electrons. The van der Waals surface area contributed by atoms with E-state index in [4.69, 9.17) is 9.84 Å².